The van der Waals surface area contributed by atoms with Crippen LogP contribution in [0.3, 0.4) is 0 Å². The van der Waals surface area contributed by atoms with Crippen LogP contribution < -0.4 is 5.32 Å². The molecule has 33 heavy (non-hydrogen) atoms. The average Bonchev–Trinajstić information content (AvgIpc) is 2.80. The molecule has 0 spiro atoms. The molecule has 9 heteroatoms. The van der Waals surface area contributed by atoms with E-state index in [0.717, 1.165) is 24.5 Å². The molecule has 2 N–H and O–H groups in total. The van der Waals surface area contributed by atoms with E-state index in [1.54, 1.807) is 18.2 Å². The molecule has 178 valence electrons. The fourth-order valence-corrected chi connectivity index (χ4v) is 3.57. The monoisotopic (exact) mass is 477 g/mol. The predicted octanol–water partition coefficient (Wildman–Crippen LogP) is 4.04. The van der Waals surface area contributed by atoms with E-state index < -0.39 is 23.6 Å². The van der Waals surface area contributed by atoms with E-state index in [0.29, 0.717) is 17.0 Å². The van der Waals surface area contributed by atoms with Gasteiger partial charge in [0.25, 0.3) is 0 Å². The van der Waals surface area contributed by atoms with Gasteiger partial charge in [0.05, 0.1) is 5.56 Å². The van der Waals surface area contributed by atoms with Gasteiger partial charge in [0.15, 0.2) is 5.78 Å². The zero-order chi connectivity index (χ0) is 24.4. The van der Waals surface area contributed by atoms with Gasteiger partial charge in [-0.25, -0.2) is 9.18 Å². The summed E-state index contributed by atoms with van der Waals surface area (Å²) in [4.78, 5) is 40.1. The van der Waals surface area contributed by atoms with Crippen LogP contribution in [-0.4, -0.2) is 65.4 Å². The van der Waals surface area contributed by atoms with Crippen LogP contribution in [0.4, 0.5) is 9.18 Å². The smallest absolute Gasteiger partial charge is 0.407 e. The van der Waals surface area contributed by atoms with Gasteiger partial charge in [0.2, 0.25) is 5.91 Å². The predicted molar refractivity (Wildman–Crippen MR) is 125 cm³/mol. The van der Waals surface area contributed by atoms with Crippen LogP contribution in [0.15, 0.2) is 42.5 Å². The van der Waals surface area contributed by atoms with Gasteiger partial charge in [-0.15, -0.1) is 0 Å². The maximum absolute atomic E-state index is 14.1. The second-order valence-electron chi connectivity index (χ2n) is 7.47. The number of nitrogens with one attached hydrogen (secondary N) is 1. The van der Waals surface area contributed by atoms with Crippen molar-refractivity contribution < 1.29 is 23.9 Å². The summed E-state index contributed by atoms with van der Waals surface area (Å²) in [6.45, 7) is 6.44. The van der Waals surface area contributed by atoms with E-state index in [9.17, 15) is 23.9 Å². The summed E-state index contributed by atoms with van der Waals surface area (Å²) in [5.74, 6) is -1.71. The van der Waals surface area contributed by atoms with Gasteiger partial charge in [0.1, 0.15) is 12.4 Å². The Kier molecular flexibility index (Phi) is 10.3. The molecule has 0 atom stereocenters. The highest BCUT2D eigenvalue weighted by Gasteiger charge is 2.19. The van der Waals surface area contributed by atoms with Crippen molar-refractivity contribution >= 4 is 29.4 Å². The Labute approximate surface area is 198 Å². The third-order valence-electron chi connectivity index (χ3n) is 5.31. The molecule has 0 saturated heterocycles. The molecular weight excluding hydrogens is 449 g/mol. The summed E-state index contributed by atoms with van der Waals surface area (Å²) in [7, 11) is 0. The Balaban J connectivity index is 2.03. The highest BCUT2D eigenvalue weighted by atomic mass is 35.5. The minimum absolute atomic E-state index is 0.0293. The Morgan fingerprint density at radius 1 is 1.03 bits per heavy atom. The number of carboxylic acid groups (broad SMARTS) is 1. The first-order chi connectivity index (χ1) is 15.8. The summed E-state index contributed by atoms with van der Waals surface area (Å²) in [6.07, 6.45) is -0.564. The van der Waals surface area contributed by atoms with Crippen molar-refractivity contribution in [3.8, 4) is 0 Å². The van der Waals surface area contributed by atoms with E-state index in [1.807, 2.05) is 13.8 Å². The lowest BCUT2D eigenvalue weighted by Gasteiger charge is -2.22. The normalized spacial score (nSPS) is 10.8. The number of nitrogens with zero attached hydrogens (tertiary/aromatic N) is 2. The first kappa shape index (κ1) is 26.3. The quantitative estimate of drug-likeness (QED) is 0.450. The standard InChI is InChI=1S/C24H29ClFN3O4/c1-3-28(4-2)12-7-13-29(24(32)33)16-22(30)27-15-17-10-11-18(25)14-20(17)23(31)19-8-5-6-9-21(19)26/h5-6,8-11,14H,3-4,7,12-13,15-16H2,1-2H3,(H,27,30)(H,32,33). The molecule has 2 rings (SSSR count). The number of carbonyl (C=O) groups excluding carboxylic acids is 2. The van der Waals surface area contributed by atoms with Crippen LogP contribution >= 0.6 is 11.6 Å². The van der Waals surface area contributed by atoms with Gasteiger partial charge >= 0.3 is 6.09 Å². The summed E-state index contributed by atoms with van der Waals surface area (Å²) in [5, 5.41) is 12.4. The molecule has 0 radical (unpaired) electrons. The zero-order valence-corrected chi connectivity index (χ0v) is 19.6. The molecule has 0 aromatic heterocycles. The van der Waals surface area contributed by atoms with Gasteiger partial charge in [-0.05, 0) is 55.9 Å². The summed E-state index contributed by atoms with van der Waals surface area (Å²) in [5.41, 5.74) is 0.518. The van der Waals surface area contributed by atoms with E-state index in [4.69, 9.17) is 11.6 Å². The molecule has 2 aromatic rings. The highest BCUT2D eigenvalue weighted by Crippen LogP contribution is 2.21. The largest absolute Gasteiger partial charge is 0.465 e. The number of benzene rings is 2. The number of amides is 2. The average molecular weight is 478 g/mol. The lowest BCUT2D eigenvalue weighted by Crippen LogP contribution is -2.41. The molecule has 0 unspecified atom stereocenters. The first-order valence-corrected chi connectivity index (χ1v) is 11.2. The maximum atomic E-state index is 14.1. The summed E-state index contributed by atoms with van der Waals surface area (Å²) >= 11 is 6.04. The molecule has 7 nitrogen and oxygen atoms in total. The number of halogens is 2. The highest BCUT2D eigenvalue weighted by molar-refractivity contribution is 6.31. The van der Waals surface area contributed by atoms with Crippen molar-refractivity contribution in [2.24, 2.45) is 0 Å². The Morgan fingerprint density at radius 3 is 2.36 bits per heavy atom. The Hall–Kier alpha value is -2.97. The van der Waals surface area contributed by atoms with Gasteiger partial charge in [0, 0.05) is 23.7 Å². The molecule has 0 bridgehead atoms. The van der Waals surface area contributed by atoms with Crippen LogP contribution in [0.1, 0.15) is 41.8 Å². The zero-order valence-electron chi connectivity index (χ0n) is 18.8. The summed E-state index contributed by atoms with van der Waals surface area (Å²) in [6, 6.07) is 10.2. The fourth-order valence-electron chi connectivity index (χ4n) is 3.40. The van der Waals surface area contributed by atoms with E-state index in [1.165, 1.54) is 24.3 Å². The topological polar surface area (TPSA) is 90.0 Å². The molecule has 2 aromatic carbocycles. The van der Waals surface area contributed by atoms with Crippen molar-refractivity contribution in [3.63, 3.8) is 0 Å². The van der Waals surface area contributed by atoms with Crippen LogP contribution in [0.25, 0.3) is 0 Å². The Morgan fingerprint density at radius 2 is 1.73 bits per heavy atom. The molecule has 0 fully saturated rings. The molecular formula is C24H29ClFN3O4. The van der Waals surface area contributed by atoms with E-state index in [-0.39, 0.29) is 30.8 Å². The minimum atomic E-state index is -1.17. The summed E-state index contributed by atoms with van der Waals surface area (Å²) < 4.78 is 14.1. The number of carbonyl (C=O) groups is 3. The number of rotatable bonds is 12. The van der Waals surface area contributed by atoms with Crippen LogP contribution in [0, 0.1) is 5.82 Å². The van der Waals surface area contributed by atoms with Gasteiger partial charge < -0.3 is 15.3 Å². The van der Waals surface area contributed by atoms with Crippen molar-refractivity contribution in [2.75, 3.05) is 32.7 Å². The van der Waals surface area contributed by atoms with Gasteiger partial charge in [-0.1, -0.05) is 43.6 Å². The van der Waals surface area contributed by atoms with Crippen LogP contribution in [0.2, 0.25) is 5.02 Å². The molecule has 0 aliphatic rings. The molecule has 0 heterocycles. The third kappa shape index (κ3) is 7.83. The van der Waals surface area contributed by atoms with E-state index >= 15 is 0 Å². The number of hydrogen-bond donors (Lipinski definition) is 2. The van der Waals surface area contributed by atoms with Gasteiger partial charge in [-0.3, -0.25) is 14.5 Å². The van der Waals surface area contributed by atoms with Crippen molar-refractivity contribution in [1.29, 1.82) is 0 Å². The van der Waals surface area contributed by atoms with Crippen LogP contribution in [0.5, 0.6) is 0 Å². The number of hydrogen-bond acceptors (Lipinski definition) is 4. The lowest BCUT2D eigenvalue weighted by atomic mass is 9.98. The molecule has 2 amide bonds. The molecule has 0 aliphatic carbocycles. The maximum Gasteiger partial charge on any atom is 0.407 e. The molecule has 0 aliphatic heterocycles. The molecule has 0 saturated carbocycles. The van der Waals surface area contributed by atoms with Crippen molar-refractivity contribution in [1.82, 2.24) is 15.1 Å². The third-order valence-corrected chi connectivity index (χ3v) is 5.55. The van der Waals surface area contributed by atoms with Crippen LogP contribution in [-0.2, 0) is 11.3 Å². The fraction of sp³-hybridized carbons (Fsp3) is 0.375. The SMILES string of the molecule is CCN(CC)CCCN(CC(=O)NCc1ccc(Cl)cc1C(=O)c1ccccc1F)C(=O)O. The van der Waals surface area contributed by atoms with Gasteiger partial charge in [-0.2, -0.15) is 0 Å². The lowest BCUT2D eigenvalue weighted by molar-refractivity contribution is -0.122. The van der Waals surface area contributed by atoms with Crippen molar-refractivity contribution in [3.05, 3.63) is 70.0 Å². The Bertz CT molecular complexity index is 982. The second kappa shape index (κ2) is 12.9. The van der Waals surface area contributed by atoms with E-state index in [2.05, 4.69) is 10.2 Å². The minimum Gasteiger partial charge on any atom is -0.465 e. The number of ketones is 1. The van der Waals surface area contributed by atoms with Crippen molar-refractivity contribution in [2.45, 2.75) is 26.8 Å². The first-order valence-electron chi connectivity index (χ1n) is 10.8. The second-order valence-corrected chi connectivity index (χ2v) is 7.91.